The molecule has 2 nitrogen and oxygen atoms in total. The molecule has 0 aliphatic heterocycles. The predicted octanol–water partition coefficient (Wildman–Crippen LogP) is 3.22. The van der Waals surface area contributed by atoms with Gasteiger partial charge in [0.1, 0.15) is 10.4 Å². The number of rotatable bonds is 2. The van der Waals surface area contributed by atoms with Crippen LogP contribution < -0.4 is 5.73 Å². The zero-order valence-electron chi connectivity index (χ0n) is 7.71. The molecule has 0 amide bonds. The Bertz CT molecular complexity index is 484. The molecule has 0 atom stereocenters. The molecule has 2 rings (SSSR count). The molecule has 2 N–H and O–H groups in total. The van der Waals surface area contributed by atoms with Crippen LogP contribution in [0.25, 0.3) is 0 Å². The number of nitrogen functional groups attached to an aromatic ring is 1. The molecule has 0 saturated heterocycles. The van der Waals surface area contributed by atoms with Crippen LogP contribution in [0.4, 0.5) is 9.52 Å². The van der Waals surface area contributed by atoms with Gasteiger partial charge in [0.05, 0.1) is 0 Å². The summed E-state index contributed by atoms with van der Waals surface area (Å²) in [7, 11) is 0. The second-order valence-corrected chi connectivity index (χ2v) is 4.90. The first kappa shape index (κ1) is 10.6. The second kappa shape index (κ2) is 4.28. The van der Waals surface area contributed by atoms with Crippen molar-refractivity contribution < 1.29 is 4.39 Å². The van der Waals surface area contributed by atoms with Crippen LogP contribution >= 0.6 is 27.3 Å². The van der Waals surface area contributed by atoms with Gasteiger partial charge in [-0.1, -0.05) is 18.2 Å². The first-order valence-electron chi connectivity index (χ1n) is 4.31. The van der Waals surface area contributed by atoms with Crippen LogP contribution in [0.15, 0.2) is 28.9 Å². The lowest BCUT2D eigenvalue weighted by molar-refractivity contribution is 0.614. The van der Waals surface area contributed by atoms with Crippen LogP contribution in [0.1, 0.15) is 10.4 Å². The lowest BCUT2D eigenvalue weighted by atomic mass is 10.1. The van der Waals surface area contributed by atoms with Gasteiger partial charge in [-0.25, -0.2) is 9.37 Å². The highest BCUT2D eigenvalue weighted by molar-refractivity contribution is 9.10. The zero-order chi connectivity index (χ0) is 10.8. The highest BCUT2D eigenvalue weighted by atomic mass is 79.9. The summed E-state index contributed by atoms with van der Waals surface area (Å²) in [5.41, 5.74) is 6.21. The minimum Gasteiger partial charge on any atom is -0.375 e. The Kier molecular flexibility index (Phi) is 3.02. The van der Waals surface area contributed by atoms with Crippen molar-refractivity contribution >= 4 is 32.4 Å². The summed E-state index contributed by atoms with van der Waals surface area (Å²) in [6.45, 7) is 0. The Morgan fingerprint density at radius 2 is 2.13 bits per heavy atom. The van der Waals surface area contributed by atoms with Crippen molar-refractivity contribution in [2.45, 2.75) is 6.42 Å². The van der Waals surface area contributed by atoms with E-state index in [1.165, 1.54) is 17.4 Å². The molecule has 1 aromatic carbocycles. The van der Waals surface area contributed by atoms with Crippen LogP contribution in [0.2, 0.25) is 0 Å². The average Bonchev–Trinajstić information content (AvgIpc) is 2.49. The second-order valence-electron chi connectivity index (χ2n) is 3.03. The summed E-state index contributed by atoms with van der Waals surface area (Å²) < 4.78 is 14.1. The van der Waals surface area contributed by atoms with E-state index in [-0.39, 0.29) is 5.82 Å². The van der Waals surface area contributed by atoms with Gasteiger partial charge in [0.15, 0.2) is 5.13 Å². The van der Waals surface area contributed by atoms with Gasteiger partial charge in [0, 0.05) is 11.3 Å². The smallest absolute Gasteiger partial charge is 0.181 e. The molecular weight excluding hydrogens is 279 g/mol. The van der Waals surface area contributed by atoms with Gasteiger partial charge in [0.25, 0.3) is 0 Å². The third kappa shape index (κ3) is 2.35. The monoisotopic (exact) mass is 286 g/mol. The zero-order valence-corrected chi connectivity index (χ0v) is 10.1. The van der Waals surface area contributed by atoms with Crippen molar-refractivity contribution in [2.75, 3.05) is 5.73 Å². The maximum atomic E-state index is 13.4. The highest BCUT2D eigenvalue weighted by Crippen LogP contribution is 2.28. The lowest BCUT2D eigenvalue weighted by Crippen LogP contribution is -1.90. The number of hydrogen-bond donors (Lipinski definition) is 1. The van der Waals surface area contributed by atoms with E-state index in [0.29, 0.717) is 21.7 Å². The minimum absolute atomic E-state index is 0.198. The molecule has 0 unspecified atom stereocenters. The quantitative estimate of drug-likeness (QED) is 0.921. The van der Waals surface area contributed by atoms with Crippen LogP contribution in [0.5, 0.6) is 0 Å². The van der Waals surface area contributed by atoms with Gasteiger partial charge in [-0.05, 0) is 27.6 Å². The van der Waals surface area contributed by atoms with Crippen LogP contribution in [-0.2, 0) is 6.42 Å². The summed E-state index contributed by atoms with van der Waals surface area (Å²) in [6, 6.07) is 6.71. The van der Waals surface area contributed by atoms with Crippen molar-refractivity contribution in [2.24, 2.45) is 0 Å². The fourth-order valence-electron chi connectivity index (χ4n) is 1.27. The molecule has 5 heteroatoms. The Morgan fingerprint density at radius 1 is 1.40 bits per heavy atom. The molecule has 0 fully saturated rings. The van der Waals surface area contributed by atoms with Crippen molar-refractivity contribution in [3.63, 3.8) is 0 Å². The molecule has 0 spiro atoms. The van der Waals surface area contributed by atoms with E-state index in [2.05, 4.69) is 20.9 Å². The van der Waals surface area contributed by atoms with Crippen LogP contribution in [0, 0.1) is 5.82 Å². The minimum atomic E-state index is -0.198. The molecule has 0 radical (unpaired) electrons. The van der Waals surface area contributed by atoms with Crippen LogP contribution in [0.3, 0.4) is 0 Å². The molecule has 0 aliphatic rings. The first-order chi connectivity index (χ1) is 7.16. The van der Waals surface area contributed by atoms with Gasteiger partial charge < -0.3 is 5.73 Å². The molecule has 0 aliphatic carbocycles. The Morgan fingerprint density at radius 3 is 2.73 bits per heavy atom. The molecule has 0 saturated carbocycles. The Balaban J connectivity index is 2.29. The van der Waals surface area contributed by atoms with E-state index in [0.717, 1.165) is 4.88 Å². The van der Waals surface area contributed by atoms with E-state index < -0.39 is 0 Å². The molecular formula is C10H8BrFN2S. The molecule has 1 aromatic heterocycles. The summed E-state index contributed by atoms with van der Waals surface area (Å²) in [5, 5.41) is 0.494. The highest BCUT2D eigenvalue weighted by Gasteiger charge is 2.09. The number of hydrogen-bond acceptors (Lipinski definition) is 3. The SMILES string of the molecule is Nc1nc(Br)c(Cc2ccccc2F)s1. The van der Waals surface area contributed by atoms with Crippen molar-refractivity contribution in [3.05, 3.63) is 45.1 Å². The van der Waals surface area contributed by atoms with Gasteiger partial charge in [0.2, 0.25) is 0 Å². The summed E-state index contributed by atoms with van der Waals surface area (Å²) >= 11 is 4.67. The number of aromatic nitrogens is 1. The Labute approximate surface area is 99.1 Å². The number of halogens is 2. The normalized spacial score (nSPS) is 10.5. The van der Waals surface area contributed by atoms with E-state index in [1.807, 2.05) is 6.07 Å². The van der Waals surface area contributed by atoms with Crippen molar-refractivity contribution in [1.29, 1.82) is 0 Å². The van der Waals surface area contributed by atoms with Gasteiger partial charge >= 0.3 is 0 Å². The Hall–Kier alpha value is -0.940. The van der Waals surface area contributed by atoms with Gasteiger partial charge in [-0.15, -0.1) is 11.3 Å². The van der Waals surface area contributed by atoms with Gasteiger partial charge in [-0.3, -0.25) is 0 Å². The topological polar surface area (TPSA) is 38.9 Å². The van der Waals surface area contributed by atoms with Crippen molar-refractivity contribution in [1.82, 2.24) is 4.98 Å². The number of nitrogens with two attached hydrogens (primary N) is 1. The third-order valence-electron chi connectivity index (χ3n) is 1.98. The third-order valence-corrected chi connectivity index (χ3v) is 3.78. The number of thiazole rings is 1. The fraction of sp³-hybridized carbons (Fsp3) is 0.100. The van der Waals surface area contributed by atoms with E-state index in [9.17, 15) is 4.39 Å². The largest absolute Gasteiger partial charge is 0.375 e. The fourth-order valence-corrected chi connectivity index (χ4v) is 2.71. The van der Waals surface area contributed by atoms with E-state index in [1.54, 1.807) is 12.1 Å². The number of nitrogens with zero attached hydrogens (tertiary/aromatic N) is 1. The van der Waals surface area contributed by atoms with Crippen LogP contribution in [-0.4, -0.2) is 4.98 Å². The number of benzene rings is 1. The van der Waals surface area contributed by atoms with Crippen molar-refractivity contribution in [3.8, 4) is 0 Å². The molecule has 0 bridgehead atoms. The molecule has 1 heterocycles. The maximum absolute atomic E-state index is 13.4. The molecule has 78 valence electrons. The summed E-state index contributed by atoms with van der Waals surface area (Å²) in [4.78, 5) is 4.97. The maximum Gasteiger partial charge on any atom is 0.181 e. The number of anilines is 1. The average molecular weight is 287 g/mol. The lowest BCUT2D eigenvalue weighted by Gasteiger charge is -2.00. The van der Waals surface area contributed by atoms with Gasteiger partial charge in [-0.2, -0.15) is 0 Å². The molecule has 2 aromatic rings. The summed E-state index contributed by atoms with van der Waals surface area (Å²) in [6.07, 6.45) is 0.516. The summed E-state index contributed by atoms with van der Waals surface area (Å²) in [5.74, 6) is -0.198. The van der Waals surface area contributed by atoms with E-state index >= 15 is 0 Å². The molecule has 15 heavy (non-hydrogen) atoms. The van der Waals surface area contributed by atoms with E-state index in [4.69, 9.17) is 5.73 Å². The first-order valence-corrected chi connectivity index (χ1v) is 5.92. The standard InChI is InChI=1S/C10H8BrFN2S/c11-9-8(15-10(13)14-9)5-6-3-1-2-4-7(6)12/h1-4H,5H2,(H2,13,14). The predicted molar refractivity (Wildman–Crippen MR) is 63.4 cm³/mol.